The van der Waals surface area contributed by atoms with Crippen molar-refractivity contribution < 1.29 is 22.7 Å². The normalized spacial score (nSPS) is 12.2. The molecule has 0 saturated heterocycles. The molecule has 0 aliphatic carbocycles. The van der Waals surface area contributed by atoms with Crippen molar-refractivity contribution in [1.29, 1.82) is 0 Å². The minimum Gasteiger partial charge on any atom is -0.493 e. The average Bonchev–Trinajstić information content (AvgIpc) is 2.72. The van der Waals surface area contributed by atoms with Gasteiger partial charge < -0.3 is 14.8 Å². The summed E-state index contributed by atoms with van der Waals surface area (Å²) in [7, 11) is -0.463. The largest absolute Gasteiger partial charge is 0.493 e. The van der Waals surface area contributed by atoms with Crippen LogP contribution < -0.4 is 19.1 Å². The Morgan fingerprint density at radius 3 is 2.35 bits per heavy atom. The molecule has 0 aliphatic heterocycles. The van der Waals surface area contributed by atoms with Crippen LogP contribution in [-0.2, 0) is 21.2 Å². The number of ether oxygens (including phenoxy) is 2. The van der Waals surface area contributed by atoms with Gasteiger partial charge in [-0.1, -0.05) is 18.2 Å². The van der Waals surface area contributed by atoms with Crippen LogP contribution in [0.4, 0.5) is 5.69 Å². The lowest BCUT2D eigenvalue weighted by molar-refractivity contribution is -0.121. The number of carbonyl (C=O) groups excluding carboxylic acids is 1. The van der Waals surface area contributed by atoms with Crippen molar-refractivity contribution >= 4 is 21.6 Å². The summed E-state index contributed by atoms with van der Waals surface area (Å²) in [6.45, 7) is 5.76. The van der Waals surface area contributed by atoms with Crippen LogP contribution in [0.25, 0.3) is 0 Å². The van der Waals surface area contributed by atoms with Crippen molar-refractivity contribution in [3.05, 3.63) is 53.1 Å². The number of hydrogen-bond donors (Lipinski definition) is 1. The molecular formula is C23H32N2O5S. The highest BCUT2D eigenvalue weighted by Crippen LogP contribution is 2.28. The van der Waals surface area contributed by atoms with E-state index < -0.39 is 16.1 Å². The molecule has 1 unspecified atom stereocenters. The Morgan fingerprint density at radius 1 is 1.06 bits per heavy atom. The molecule has 1 atom stereocenters. The molecular weight excluding hydrogens is 416 g/mol. The molecule has 1 amide bonds. The lowest BCUT2D eigenvalue weighted by Crippen LogP contribution is -2.48. The SMILES string of the molecule is COc1ccc(CCCNC(=O)C(C)N(c2cc(C)ccc2C)S(C)(=O)=O)cc1OC. The molecule has 0 saturated carbocycles. The van der Waals surface area contributed by atoms with E-state index in [-0.39, 0.29) is 5.91 Å². The van der Waals surface area contributed by atoms with E-state index >= 15 is 0 Å². The zero-order valence-electron chi connectivity index (χ0n) is 19.1. The van der Waals surface area contributed by atoms with Gasteiger partial charge in [0.15, 0.2) is 11.5 Å². The maximum atomic E-state index is 12.7. The quantitative estimate of drug-likeness (QED) is 0.564. The third kappa shape index (κ3) is 6.37. The number of amides is 1. The van der Waals surface area contributed by atoms with Gasteiger partial charge in [-0.25, -0.2) is 8.42 Å². The number of benzene rings is 2. The molecule has 0 aliphatic rings. The minimum atomic E-state index is -3.64. The van der Waals surface area contributed by atoms with E-state index in [2.05, 4.69) is 5.32 Å². The second kappa shape index (κ2) is 10.5. The maximum absolute atomic E-state index is 12.7. The molecule has 0 radical (unpaired) electrons. The number of rotatable bonds is 10. The van der Waals surface area contributed by atoms with Crippen LogP contribution in [-0.4, -0.2) is 47.4 Å². The summed E-state index contributed by atoms with van der Waals surface area (Å²) in [6.07, 6.45) is 2.56. The summed E-state index contributed by atoms with van der Waals surface area (Å²) in [5.74, 6) is 0.995. The van der Waals surface area contributed by atoms with E-state index in [1.54, 1.807) is 27.2 Å². The Balaban J connectivity index is 2.02. The Bertz CT molecular complexity index is 1020. The maximum Gasteiger partial charge on any atom is 0.243 e. The molecule has 0 spiro atoms. The van der Waals surface area contributed by atoms with Gasteiger partial charge in [0.2, 0.25) is 15.9 Å². The third-order valence-corrected chi connectivity index (χ3v) is 6.31. The summed E-state index contributed by atoms with van der Waals surface area (Å²) in [5.41, 5.74) is 3.31. The zero-order valence-corrected chi connectivity index (χ0v) is 19.9. The fourth-order valence-corrected chi connectivity index (χ4v) is 4.65. The number of methoxy groups -OCH3 is 2. The van der Waals surface area contributed by atoms with Crippen molar-refractivity contribution in [2.45, 2.75) is 39.7 Å². The summed E-state index contributed by atoms with van der Waals surface area (Å²) >= 11 is 0. The summed E-state index contributed by atoms with van der Waals surface area (Å²) in [4.78, 5) is 12.7. The number of carbonyl (C=O) groups is 1. The highest BCUT2D eigenvalue weighted by Gasteiger charge is 2.30. The number of nitrogens with zero attached hydrogens (tertiary/aromatic N) is 1. The molecule has 0 bridgehead atoms. The Kier molecular flexibility index (Phi) is 8.33. The van der Waals surface area contributed by atoms with Gasteiger partial charge in [0.25, 0.3) is 0 Å². The molecule has 1 N–H and O–H groups in total. The Labute approximate surface area is 185 Å². The summed E-state index contributed by atoms with van der Waals surface area (Å²) < 4.78 is 36.7. The van der Waals surface area contributed by atoms with Crippen LogP contribution in [0.2, 0.25) is 0 Å². The van der Waals surface area contributed by atoms with E-state index in [0.717, 1.165) is 29.4 Å². The van der Waals surface area contributed by atoms with E-state index in [4.69, 9.17) is 9.47 Å². The molecule has 2 rings (SSSR count). The molecule has 170 valence electrons. The van der Waals surface area contributed by atoms with Gasteiger partial charge in [-0.3, -0.25) is 9.10 Å². The third-order valence-electron chi connectivity index (χ3n) is 5.08. The van der Waals surface area contributed by atoms with Gasteiger partial charge in [0.05, 0.1) is 26.2 Å². The van der Waals surface area contributed by atoms with Crippen molar-refractivity contribution in [2.75, 3.05) is 31.3 Å². The lowest BCUT2D eigenvalue weighted by Gasteiger charge is -2.29. The van der Waals surface area contributed by atoms with E-state index in [9.17, 15) is 13.2 Å². The van der Waals surface area contributed by atoms with Crippen molar-refractivity contribution in [3.8, 4) is 11.5 Å². The fraction of sp³-hybridized carbons (Fsp3) is 0.435. The highest BCUT2D eigenvalue weighted by atomic mass is 32.2. The van der Waals surface area contributed by atoms with Crippen LogP contribution in [0.3, 0.4) is 0 Å². The molecule has 0 fully saturated rings. The Morgan fingerprint density at radius 2 is 1.74 bits per heavy atom. The predicted molar refractivity (Wildman–Crippen MR) is 124 cm³/mol. The van der Waals surface area contributed by atoms with Gasteiger partial charge >= 0.3 is 0 Å². The van der Waals surface area contributed by atoms with Crippen molar-refractivity contribution in [1.82, 2.24) is 5.32 Å². The molecule has 2 aromatic rings. The number of nitrogens with one attached hydrogen (secondary N) is 1. The fourth-order valence-electron chi connectivity index (χ4n) is 3.43. The smallest absolute Gasteiger partial charge is 0.243 e. The van der Waals surface area contributed by atoms with E-state index in [1.165, 1.54) is 4.31 Å². The van der Waals surface area contributed by atoms with Gasteiger partial charge in [-0.2, -0.15) is 0 Å². The molecule has 2 aromatic carbocycles. The molecule has 0 aromatic heterocycles. The van der Waals surface area contributed by atoms with Crippen LogP contribution in [0.15, 0.2) is 36.4 Å². The van der Waals surface area contributed by atoms with E-state index in [1.807, 2.05) is 44.2 Å². The first-order chi connectivity index (χ1) is 14.6. The minimum absolute atomic E-state index is 0.335. The van der Waals surface area contributed by atoms with Crippen LogP contribution in [0.5, 0.6) is 11.5 Å². The van der Waals surface area contributed by atoms with Crippen molar-refractivity contribution in [2.24, 2.45) is 0 Å². The number of hydrogen-bond acceptors (Lipinski definition) is 5. The van der Waals surface area contributed by atoms with Gasteiger partial charge in [0, 0.05) is 6.54 Å². The predicted octanol–water partition coefficient (Wildman–Crippen LogP) is 3.22. The van der Waals surface area contributed by atoms with Gasteiger partial charge in [-0.15, -0.1) is 0 Å². The molecule has 7 nitrogen and oxygen atoms in total. The Hall–Kier alpha value is -2.74. The first kappa shape index (κ1) is 24.5. The molecule has 8 heteroatoms. The average molecular weight is 449 g/mol. The van der Waals surface area contributed by atoms with Crippen LogP contribution in [0, 0.1) is 13.8 Å². The standard InChI is InChI=1S/C23H32N2O5S/c1-16-9-10-17(2)20(14-16)25(31(6,27)28)18(3)23(26)24-13-7-8-19-11-12-21(29-4)22(15-19)30-5/h9-12,14-15,18H,7-8,13H2,1-6H3,(H,24,26). The van der Waals surface area contributed by atoms with Crippen LogP contribution in [0.1, 0.15) is 30.0 Å². The molecule has 31 heavy (non-hydrogen) atoms. The van der Waals surface area contributed by atoms with E-state index in [0.29, 0.717) is 30.2 Å². The zero-order chi connectivity index (χ0) is 23.2. The first-order valence-electron chi connectivity index (χ1n) is 10.1. The topological polar surface area (TPSA) is 84.9 Å². The van der Waals surface area contributed by atoms with Crippen molar-refractivity contribution in [3.63, 3.8) is 0 Å². The number of aryl methyl sites for hydroxylation is 3. The lowest BCUT2D eigenvalue weighted by atomic mass is 10.1. The summed E-state index contributed by atoms with van der Waals surface area (Å²) in [5, 5.41) is 2.86. The number of sulfonamides is 1. The number of anilines is 1. The highest BCUT2D eigenvalue weighted by molar-refractivity contribution is 7.92. The second-order valence-electron chi connectivity index (χ2n) is 7.61. The van der Waals surface area contributed by atoms with Gasteiger partial charge in [0.1, 0.15) is 6.04 Å². The second-order valence-corrected chi connectivity index (χ2v) is 9.47. The monoisotopic (exact) mass is 448 g/mol. The van der Waals surface area contributed by atoms with Crippen LogP contribution >= 0.6 is 0 Å². The summed E-state index contributed by atoms with van der Waals surface area (Å²) in [6, 6.07) is 10.4. The molecule has 0 heterocycles. The van der Waals surface area contributed by atoms with Gasteiger partial charge in [-0.05, 0) is 68.5 Å². The first-order valence-corrected chi connectivity index (χ1v) is 12.0.